The van der Waals surface area contributed by atoms with Gasteiger partial charge in [-0.3, -0.25) is 4.68 Å². The second-order valence-corrected chi connectivity index (χ2v) is 3.10. The van der Waals surface area contributed by atoms with Crippen molar-refractivity contribution in [1.82, 2.24) is 9.78 Å². The Morgan fingerprint density at radius 3 is 2.71 bits per heavy atom. The maximum atomic E-state index is 11.8. The molecular formula is C8H13F2N3O. The number of rotatable bonds is 4. The third-order valence-corrected chi connectivity index (χ3v) is 1.76. The Morgan fingerprint density at radius 2 is 2.29 bits per heavy atom. The third-order valence-electron chi connectivity index (χ3n) is 1.76. The zero-order valence-electron chi connectivity index (χ0n) is 8.08. The predicted octanol–water partition coefficient (Wildman–Crippen LogP) is 1.40. The molecule has 0 fully saturated rings. The van der Waals surface area contributed by atoms with Crippen LogP contribution < -0.4 is 5.73 Å². The molecule has 0 aliphatic carbocycles. The number of hydrogen-bond donors (Lipinski definition) is 1. The number of anilines is 1. The smallest absolute Gasteiger partial charge is 0.345 e. The lowest BCUT2D eigenvalue weighted by atomic mass is 10.4. The van der Waals surface area contributed by atoms with Gasteiger partial charge in [-0.15, -0.1) is 0 Å². The summed E-state index contributed by atoms with van der Waals surface area (Å²) in [4.78, 5) is 0. The molecule has 4 nitrogen and oxygen atoms in total. The van der Waals surface area contributed by atoms with Gasteiger partial charge in [0, 0.05) is 6.20 Å². The molecule has 1 unspecified atom stereocenters. The molecule has 1 heterocycles. The number of ether oxygens (including phenoxy) is 1. The van der Waals surface area contributed by atoms with Crippen LogP contribution in [0.15, 0.2) is 6.20 Å². The van der Waals surface area contributed by atoms with Crippen LogP contribution in [0, 0.1) is 6.92 Å². The summed E-state index contributed by atoms with van der Waals surface area (Å²) in [5, 5.41) is 4.02. The highest BCUT2D eigenvalue weighted by molar-refractivity contribution is 5.39. The number of alkyl halides is 2. The van der Waals surface area contributed by atoms with Crippen molar-refractivity contribution in [2.24, 2.45) is 0 Å². The molecule has 0 saturated carbocycles. The summed E-state index contributed by atoms with van der Waals surface area (Å²) >= 11 is 0. The fraction of sp³-hybridized carbons (Fsp3) is 0.625. The standard InChI is InChI=1S/C8H13F2N3O/c1-5(14-8(9)10)3-13-4-7(11)6(2)12-13/h4-5,8H,3,11H2,1-2H3. The van der Waals surface area contributed by atoms with Gasteiger partial charge >= 0.3 is 6.61 Å². The molecule has 1 rings (SSSR count). The van der Waals surface area contributed by atoms with Gasteiger partial charge in [0.25, 0.3) is 0 Å². The van der Waals surface area contributed by atoms with Crippen molar-refractivity contribution in [3.63, 3.8) is 0 Å². The summed E-state index contributed by atoms with van der Waals surface area (Å²) in [5.74, 6) is 0. The first-order chi connectivity index (χ1) is 6.49. The van der Waals surface area contributed by atoms with Gasteiger partial charge in [0.2, 0.25) is 0 Å². The molecule has 6 heteroatoms. The maximum Gasteiger partial charge on any atom is 0.345 e. The number of nitrogen functional groups attached to an aromatic ring is 1. The second-order valence-electron chi connectivity index (χ2n) is 3.10. The zero-order chi connectivity index (χ0) is 10.7. The van der Waals surface area contributed by atoms with Crippen molar-refractivity contribution in [2.45, 2.75) is 33.1 Å². The van der Waals surface area contributed by atoms with Gasteiger partial charge in [0.1, 0.15) is 0 Å². The molecule has 14 heavy (non-hydrogen) atoms. The van der Waals surface area contributed by atoms with Crippen LogP contribution >= 0.6 is 0 Å². The highest BCUT2D eigenvalue weighted by atomic mass is 19.3. The fourth-order valence-corrected chi connectivity index (χ4v) is 1.11. The summed E-state index contributed by atoms with van der Waals surface area (Å²) in [7, 11) is 0. The Hall–Kier alpha value is -1.17. The summed E-state index contributed by atoms with van der Waals surface area (Å²) < 4.78 is 29.4. The van der Waals surface area contributed by atoms with Crippen LogP contribution in [0.2, 0.25) is 0 Å². The van der Waals surface area contributed by atoms with Crippen molar-refractivity contribution in [3.8, 4) is 0 Å². The van der Waals surface area contributed by atoms with Crippen LogP contribution in [-0.2, 0) is 11.3 Å². The van der Waals surface area contributed by atoms with Gasteiger partial charge in [-0.2, -0.15) is 13.9 Å². The first kappa shape index (κ1) is 10.9. The van der Waals surface area contributed by atoms with Crippen LogP contribution in [0.1, 0.15) is 12.6 Å². The molecule has 1 aromatic heterocycles. The van der Waals surface area contributed by atoms with E-state index in [2.05, 4.69) is 9.84 Å². The molecule has 0 aliphatic heterocycles. The molecule has 0 aliphatic rings. The van der Waals surface area contributed by atoms with Crippen LogP contribution in [0.4, 0.5) is 14.5 Å². The topological polar surface area (TPSA) is 53.1 Å². The second kappa shape index (κ2) is 4.36. The molecule has 1 aromatic rings. The monoisotopic (exact) mass is 205 g/mol. The van der Waals surface area contributed by atoms with Gasteiger partial charge in [0.05, 0.1) is 24.0 Å². The van der Waals surface area contributed by atoms with Crippen LogP contribution in [0.25, 0.3) is 0 Å². The number of aromatic nitrogens is 2. The Morgan fingerprint density at radius 1 is 1.64 bits per heavy atom. The highest BCUT2D eigenvalue weighted by Crippen LogP contribution is 2.09. The van der Waals surface area contributed by atoms with Crippen molar-refractivity contribution >= 4 is 5.69 Å². The molecule has 0 spiro atoms. The minimum Gasteiger partial charge on any atom is -0.396 e. The molecule has 0 aromatic carbocycles. The van der Waals surface area contributed by atoms with Crippen molar-refractivity contribution in [1.29, 1.82) is 0 Å². The Labute approximate surface area is 80.6 Å². The lowest BCUT2D eigenvalue weighted by molar-refractivity contribution is -0.161. The van der Waals surface area contributed by atoms with Crippen molar-refractivity contribution in [2.75, 3.05) is 5.73 Å². The zero-order valence-corrected chi connectivity index (χ0v) is 8.08. The first-order valence-corrected chi connectivity index (χ1v) is 4.22. The van der Waals surface area contributed by atoms with E-state index in [0.29, 0.717) is 11.4 Å². The lowest BCUT2D eigenvalue weighted by Crippen LogP contribution is -2.19. The van der Waals surface area contributed by atoms with Gasteiger partial charge in [-0.05, 0) is 13.8 Å². The van der Waals surface area contributed by atoms with Gasteiger partial charge in [-0.25, -0.2) is 0 Å². The van der Waals surface area contributed by atoms with E-state index in [1.54, 1.807) is 20.0 Å². The van der Waals surface area contributed by atoms with E-state index in [9.17, 15) is 8.78 Å². The largest absolute Gasteiger partial charge is 0.396 e. The van der Waals surface area contributed by atoms with Crippen molar-refractivity contribution < 1.29 is 13.5 Å². The fourth-order valence-electron chi connectivity index (χ4n) is 1.11. The number of aryl methyl sites for hydroxylation is 1. The maximum absolute atomic E-state index is 11.8. The third kappa shape index (κ3) is 2.95. The number of hydrogen-bond acceptors (Lipinski definition) is 3. The van der Waals surface area contributed by atoms with E-state index >= 15 is 0 Å². The molecule has 2 N–H and O–H groups in total. The van der Waals surface area contributed by atoms with E-state index < -0.39 is 12.7 Å². The van der Waals surface area contributed by atoms with Crippen LogP contribution in [-0.4, -0.2) is 22.5 Å². The normalized spacial score (nSPS) is 13.5. The molecule has 0 saturated heterocycles. The van der Waals surface area contributed by atoms with E-state index in [1.807, 2.05) is 0 Å². The van der Waals surface area contributed by atoms with Crippen LogP contribution in [0.5, 0.6) is 0 Å². The summed E-state index contributed by atoms with van der Waals surface area (Å²) in [6, 6.07) is 0. The number of nitrogens with zero attached hydrogens (tertiary/aromatic N) is 2. The summed E-state index contributed by atoms with van der Waals surface area (Å²) in [6.45, 7) is 0.825. The molecule has 80 valence electrons. The highest BCUT2D eigenvalue weighted by Gasteiger charge is 2.11. The quantitative estimate of drug-likeness (QED) is 0.808. The Bertz CT molecular complexity index is 281. The van der Waals surface area contributed by atoms with E-state index in [-0.39, 0.29) is 6.54 Å². The molecule has 0 radical (unpaired) electrons. The molecular weight excluding hydrogens is 192 g/mol. The Kier molecular flexibility index (Phi) is 3.40. The molecule has 0 amide bonds. The van der Waals surface area contributed by atoms with E-state index in [1.165, 1.54) is 4.68 Å². The minimum atomic E-state index is -2.75. The number of halogens is 2. The number of nitrogens with two attached hydrogens (primary N) is 1. The average molecular weight is 205 g/mol. The predicted molar refractivity (Wildman–Crippen MR) is 47.9 cm³/mol. The summed E-state index contributed by atoms with van der Waals surface area (Å²) in [6.07, 6.45) is 1.01. The van der Waals surface area contributed by atoms with Gasteiger partial charge in [-0.1, -0.05) is 0 Å². The van der Waals surface area contributed by atoms with Gasteiger partial charge < -0.3 is 10.5 Å². The van der Waals surface area contributed by atoms with E-state index in [0.717, 1.165) is 0 Å². The SMILES string of the molecule is Cc1nn(CC(C)OC(F)F)cc1N. The van der Waals surface area contributed by atoms with E-state index in [4.69, 9.17) is 5.73 Å². The van der Waals surface area contributed by atoms with Crippen molar-refractivity contribution in [3.05, 3.63) is 11.9 Å². The molecule has 1 atom stereocenters. The average Bonchev–Trinajstić information content (AvgIpc) is 2.28. The molecule has 0 bridgehead atoms. The minimum absolute atomic E-state index is 0.266. The first-order valence-electron chi connectivity index (χ1n) is 4.22. The lowest BCUT2D eigenvalue weighted by Gasteiger charge is -2.11. The summed E-state index contributed by atoms with van der Waals surface area (Å²) in [5.41, 5.74) is 6.78. The Balaban J connectivity index is 2.51. The van der Waals surface area contributed by atoms with Crippen LogP contribution in [0.3, 0.4) is 0 Å². The van der Waals surface area contributed by atoms with Gasteiger partial charge in [0.15, 0.2) is 0 Å².